The van der Waals surface area contributed by atoms with Crippen molar-refractivity contribution in [2.45, 2.75) is 180 Å². The Balaban J connectivity index is 4.39. The minimum absolute atomic E-state index is 0.0398. The minimum Gasteiger partial charge on any atom is -0.393 e. The molecule has 0 saturated heterocycles. The molecule has 292 valence electrons. The molecule has 6 N–H and O–H groups in total. The van der Waals surface area contributed by atoms with Gasteiger partial charge in [0.25, 0.3) is 0 Å². The van der Waals surface area contributed by atoms with Crippen molar-refractivity contribution in [1.29, 1.82) is 0 Å². The van der Waals surface area contributed by atoms with Crippen LogP contribution < -0.4 is 11.1 Å². The van der Waals surface area contributed by atoms with Crippen LogP contribution >= 0.6 is 7.82 Å². The number of carbonyl (C=O) groups excluding carboxylic acids is 1. The number of hydrogen-bond acceptors (Lipinski definition) is 7. The molecule has 0 aliphatic heterocycles. The zero-order valence-electron chi connectivity index (χ0n) is 31.7. The lowest BCUT2D eigenvalue weighted by Crippen LogP contribution is -2.46. The van der Waals surface area contributed by atoms with Crippen LogP contribution in [0.3, 0.4) is 0 Å². The van der Waals surface area contributed by atoms with E-state index in [1.807, 2.05) is 6.08 Å². The van der Waals surface area contributed by atoms with Crippen molar-refractivity contribution in [2.75, 3.05) is 19.8 Å². The van der Waals surface area contributed by atoms with E-state index in [2.05, 4.69) is 55.6 Å². The minimum atomic E-state index is -4.41. The molecule has 50 heavy (non-hydrogen) atoms. The molecule has 0 aromatic carbocycles. The van der Waals surface area contributed by atoms with Crippen LogP contribution in [0.1, 0.15) is 162 Å². The summed E-state index contributed by atoms with van der Waals surface area (Å²) in [6.07, 6.45) is 39.2. The summed E-state index contributed by atoms with van der Waals surface area (Å²) in [6, 6.07) is -1.01. The van der Waals surface area contributed by atoms with Crippen LogP contribution in [0.2, 0.25) is 0 Å². The second-order valence-electron chi connectivity index (χ2n) is 13.3. The van der Waals surface area contributed by atoms with Gasteiger partial charge in [-0.2, -0.15) is 0 Å². The number of nitrogens with two attached hydrogens (primary N) is 1. The number of rotatable bonds is 36. The summed E-state index contributed by atoms with van der Waals surface area (Å²) >= 11 is 0. The third-order valence-electron chi connectivity index (χ3n) is 8.39. The number of unbranched alkanes of at least 4 members (excludes halogenated alkanes) is 16. The Labute approximate surface area is 305 Å². The van der Waals surface area contributed by atoms with Crippen LogP contribution in [0.4, 0.5) is 0 Å². The lowest BCUT2D eigenvalue weighted by atomic mass is 10.0. The Bertz CT molecular complexity index is 941. The predicted molar refractivity (Wildman–Crippen MR) is 209 cm³/mol. The number of amides is 1. The standard InChI is InChI=1S/C40H75N2O7P/c1-3-5-7-9-11-13-15-16-17-18-19-20-22-23-25-27-29-31-37(43)35-40(45)42-38(36-49-50(46,47)48-34-33-41)39(44)32-30-28-26-24-21-14-12-10-8-6-4-2/h8,10,18-19,21,24,30,32,37-39,43-44H,3-7,9,11-17,20,22-23,25-29,31,33-36,41H2,1-2H3,(H,42,45)(H,46,47)/b10-8+,19-18-,24-21+,32-30+. The molecule has 0 aliphatic carbocycles. The molecular weight excluding hydrogens is 651 g/mol. The first-order chi connectivity index (χ1) is 24.3. The van der Waals surface area contributed by atoms with Gasteiger partial charge in [0.1, 0.15) is 0 Å². The van der Waals surface area contributed by atoms with Gasteiger partial charge in [-0.3, -0.25) is 13.8 Å². The van der Waals surface area contributed by atoms with Crippen LogP contribution in [-0.4, -0.2) is 59.0 Å². The first kappa shape index (κ1) is 48.4. The van der Waals surface area contributed by atoms with Gasteiger partial charge in [0.15, 0.2) is 0 Å². The topological polar surface area (TPSA) is 151 Å². The number of aliphatic hydroxyl groups excluding tert-OH is 2. The molecule has 0 fully saturated rings. The van der Waals surface area contributed by atoms with Gasteiger partial charge in [-0.15, -0.1) is 0 Å². The first-order valence-electron chi connectivity index (χ1n) is 19.8. The zero-order chi connectivity index (χ0) is 37.0. The summed E-state index contributed by atoms with van der Waals surface area (Å²) in [6.45, 7) is 3.84. The van der Waals surface area contributed by atoms with Crippen LogP contribution in [0, 0.1) is 0 Å². The van der Waals surface area contributed by atoms with Crippen LogP contribution in [0.15, 0.2) is 48.6 Å². The highest BCUT2D eigenvalue weighted by Gasteiger charge is 2.27. The van der Waals surface area contributed by atoms with E-state index in [9.17, 15) is 24.5 Å². The fourth-order valence-corrected chi connectivity index (χ4v) is 6.14. The number of phosphoric ester groups is 1. The molecule has 0 radical (unpaired) electrons. The van der Waals surface area contributed by atoms with Gasteiger partial charge >= 0.3 is 7.82 Å². The highest BCUT2D eigenvalue weighted by molar-refractivity contribution is 7.47. The fourth-order valence-electron chi connectivity index (χ4n) is 5.38. The molecular formula is C40H75N2O7P. The largest absolute Gasteiger partial charge is 0.472 e. The number of aliphatic hydroxyl groups is 2. The quantitative estimate of drug-likeness (QED) is 0.0243. The van der Waals surface area contributed by atoms with Crippen LogP contribution in [-0.2, 0) is 18.4 Å². The van der Waals surface area contributed by atoms with Gasteiger partial charge in [-0.1, -0.05) is 140 Å². The second kappa shape index (κ2) is 35.8. The Kier molecular flexibility index (Phi) is 34.7. The van der Waals surface area contributed by atoms with Crippen molar-refractivity contribution in [3.63, 3.8) is 0 Å². The molecule has 9 nitrogen and oxygen atoms in total. The third-order valence-corrected chi connectivity index (χ3v) is 9.37. The van der Waals surface area contributed by atoms with Crippen LogP contribution in [0.5, 0.6) is 0 Å². The van der Waals surface area contributed by atoms with Crippen molar-refractivity contribution in [3.05, 3.63) is 48.6 Å². The van der Waals surface area contributed by atoms with E-state index < -0.39 is 38.6 Å². The molecule has 0 spiro atoms. The third kappa shape index (κ3) is 33.6. The van der Waals surface area contributed by atoms with E-state index in [-0.39, 0.29) is 19.6 Å². The molecule has 0 saturated carbocycles. The summed E-state index contributed by atoms with van der Waals surface area (Å²) in [5.41, 5.74) is 5.34. The SMILES string of the molecule is CCC/C=C/CC/C=C/CC/C=C/C(O)C(COP(=O)(O)OCCN)NC(=O)CC(O)CCCCCCC/C=C\CCCCCCCCCC. The van der Waals surface area contributed by atoms with Crippen molar-refractivity contribution in [2.24, 2.45) is 5.73 Å². The van der Waals surface area contributed by atoms with E-state index in [1.165, 1.54) is 64.2 Å². The Morgan fingerprint density at radius 3 is 1.74 bits per heavy atom. The zero-order valence-corrected chi connectivity index (χ0v) is 32.6. The van der Waals surface area contributed by atoms with Gasteiger partial charge < -0.3 is 26.2 Å². The maximum absolute atomic E-state index is 12.7. The average molecular weight is 727 g/mol. The molecule has 0 rings (SSSR count). The molecule has 1 amide bonds. The van der Waals surface area contributed by atoms with E-state index in [0.29, 0.717) is 12.8 Å². The molecule has 0 aliphatic rings. The molecule has 4 atom stereocenters. The lowest BCUT2D eigenvalue weighted by Gasteiger charge is -2.24. The van der Waals surface area contributed by atoms with Crippen molar-refractivity contribution >= 4 is 13.7 Å². The number of nitrogens with one attached hydrogen (secondary N) is 1. The predicted octanol–water partition coefficient (Wildman–Crippen LogP) is 9.52. The summed E-state index contributed by atoms with van der Waals surface area (Å²) in [7, 11) is -4.41. The number of phosphoric acid groups is 1. The number of allylic oxidation sites excluding steroid dienone is 7. The van der Waals surface area contributed by atoms with Gasteiger partial charge in [0.2, 0.25) is 5.91 Å². The normalized spacial score (nSPS) is 15.4. The van der Waals surface area contributed by atoms with Crippen LogP contribution in [0.25, 0.3) is 0 Å². The maximum atomic E-state index is 12.7. The van der Waals surface area contributed by atoms with Gasteiger partial charge in [-0.25, -0.2) is 4.57 Å². The molecule has 4 unspecified atom stereocenters. The van der Waals surface area contributed by atoms with Crippen molar-refractivity contribution in [1.82, 2.24) is 5.32 Å². The first-order valence-corrected chi connectivity index (χ1v) is 21.3. The maximum Gasteiger partial charge on any atom is 0.472 e. The highest BCUT2D eigenvalue weighted by Crippen LogP contribution is 2.43. The Morgan fingerprint density at radius 1 is 0.680 bits per heavy atom. The average Bonchev–Trinajstić information content (AvgIpc) is 3.09. The monoisotopic (exact) mass is 727 g/mol. The van der Waals surface area contributed by atoms with Crippen molar-refractivity contribution in [3.8, 4) is 0 Å². The molecule has 0 aromatic rings. The Hall–Kier alpha value is -1.58. The fraction of sp³-hybridized carbons (Fsp3) is 0.775. The smallest absolute Gasteiger partial charge is 0.393 e. The number of carbonyl (C=O) groups is 1. The molecule has 0 bridgehead atoms. The molecule has 10 heteroatoms. The Morgan fingerprint density at radius 2 is 1.18 bits per heavy atom. The van der Waals surface area contributed by atoms with E-state index in [1.54, 1.807) is 6.08 Å². The lowest BCUT2D eigenvalue weighted by molar-refractivity contribution is -0.124. The summed E-state index contributed by atoms with van der Waals surface area (Å²) in [4.78, 5) is 22.6. The molecule has 0 heterocycles. The summed E-state index contributed by atoms with van der Waals surface area (Å²) in [5, 5.41) is 23.9. The molecule has 0 aromatic heterocycles. The van der Waals surface area contributed by atoms with E-state index in [0.717, 1.165) is 64.2 Å². The highest BCUT2D eigenvalue weighted by atomic mass is 31.2. The van der Waals surface area contributed by atoms with Gasteiger partial charge in [0, 0.05) is 6.54 Å². The summed E-state index contributed by atoms with van der Waals surface area (Å²) < 4.78 is 22.0. The van der Waals surface area contributed by atoms with E-state index in [4.69, 9.17) is 14.8 Å². The second-order valence-corrected chi connectivity index (χ2v) is 14.8. The summed E-state index contributed by atoms with van der Waals surface area (Å²) in [5.74, 6) is -0.469. The van der Waals surface area contributed by atoms with Crippen molar-refractivity contribution < 1.29 is 33.5 Å². The van der Waals surface area contributed by atoms with Gasteiger partial charge in [0.05, 0.1) is 37.9 Å². The van der Waals surface area contributed by atoms with Gasteiger partial charge in [-0.05, 0) is 64.2 Å². The van der Waals surface area contributed by atoms with E-state index >= 15 is 0 Å². The number of hydrogen-bond donors (Lipinski definition) is 5.